The lowest BCUT2D eigenvalue weighted by Crippen LogP contribution is -2.42. The van der Waals surface area contributed by atoms with Crippen molar-refractivity contribution in [2.75, 3.05) is 18.9 Å². The summed E-state index contributed by atoms with van der Waals surface area (Å²) in [7, 11) is 0. The van der Waals surface area contributed by atoms with Crippen LogP contribution < -0.4 is 11.1 Å². The van der Waals surface area contributed by atoms with E-state index in [4.69, 9.17) is 10.5 Å². The summed E-state index contributed by atoms with van der Waals surface area (Å²) in [4.78, 5) is 26.0. The molecule has 8 nitrogen and oxygen atoms in total. The van der Waals surface area contributed by atoms with Crippen LogP contribution in [0.15, 0.2) is 12.3 Å². The van der Waals surface area contributed by atoms with E-state index < -0.39 is 10.8 Å². The third kappa shape index (κ3) is 4.67. The van der Waals surface area contributed by atoms with Gasteiger partial charge in [0.1, 0.15) is 12.0 Å². The Morgan fingerprint density at radius 2 is 2.24 bits per heavy atom. The zero-order valence-electron chi connectivity index (χ0n) is 12.3. The summed E-state index contributed by atoms with van der Waals surface area (Å²) in [6.07, 6.45) is 1.02. The molecule has 1 atom stereocenters. The molecule has 1 rings (SSSR count). The first-order chi connectivity index (χ1) is 9.86. The van der Waals surface area contributed by atoms with Crippen molar-refractivity contribution in [3.63, 3.8) is 0 Å². The third-order valence-electron chi connectivity index (χ3n) is 2.98. The summed E-state index contributed by atoms with van der Waals surface area (Å²) in [6.45, 7) is 6.65. The molecule has 0 radical (unpaired) electrons. The number of hydrogen-bond acceptors (Lipinski definition) is 6. The van der Waals surface area contributed by atoms with Crippen molar-refractivity contribution in [1.82, 2.24) is 10.3 Å². The molecule has 3 N–H and O–H groups in total. The molecule has 0 fully saturated rings. The van der Waals surface area contributed by atoms with Gasteiger partial charge >= 0.3 is 0 Å². The molecule has 0 aliphatic heterocycles. The van der Waals surface area contributed by atoms with Gasteiger partial charge in [-0.2, -0.15) is 0 Å². The predicted octanol–water partition coefficient (Wildman–Crippen LogP) is 1.36. The molecular formula is C13H20N4O4. The molecule has 8 heteroatoms. The molecule has 1 heterocycles. The van der Waals surface area contributed by atoms with Crippen LogP contribution in [-0.2, 0) is 4.74 Å². The third-order valence-corrected chi connectivity index (χ3v) is 2.98. The molecule has 0 aromatic carbocycles. The Kier molecular flexibility index (Phi) is 6.04. The van der Waals surface area contributed by atoms with Crippen LogP contribution in [0.2, 0.25) is 0 Å². The van der Waals surface area contributed by atoms with Crippen LogP contribution in [0.3, 0.4) is 0 Å². The maximum Gasteiger partial charge on any atom is 0.288 e. The number of rotatable bonds is 7. The molecule has 0 aliphatic rings. The van der Waals surface area contributed by atoms with Gasteiger partial charge in [-0.25, -0.2) is 4.98 Å². The number of nitrogens with two attached hydrogens (primary N) is 1. The Morgan fingerprint density at radius 1 is 1.57 bits per heavy atom. The van der Waals surface area contributed by atoms with Crippen LogP contribution in [0, 0.1) is 16.0 Å². The second-order valence-electron chi connectivity index (χ2n) is 4.87. The molecule has 1 unspecified atom stereocenters. The van der Waals surface area contributed by atoms with E-state index in [0.29, 0.717) is 13.2 Å². The van der Waals surface area contributed by atoms with Crippen molar-refractivity contribution in [3.8, 4) is 0 Å². The molecule has 1 amide bonds. The van der Waals surface area contributed by atoms with Crippen molar-refractivity contribution in [2.45, 2.75) is 26.8 Å². The van der Waals surface area contributed by atoms with E-state index >= 15 is 0 Å². The van der Waals surface area contributed by atoms with Crippen LogP contribution >= 0.6 is 0 Å². The number of anilines is 1. The molecule has 0 spiro atoms. The standard InChI is InChI=1S/C13H20N4O4/c1-4-21-7-11(8(2)3)16-13(18)10-5-9(17(19)20)6-15-12(10)14/h5-6,8,11H,4,7H2,1-3H3,(H2,14,15)(H,16,18). The summed E-state index contributed by atoms with van der Waals surface area (Å²) in [5.41, 5.74) is 5.33. The predicted molar refractivity (Wildman–Crippen MR) is 77.9 cm³/mol. The normalized spacial score (nSPS) is 12.2. The molecule has 1 aromatic heterocycles. The highest BCUT2D eigenvalue weighted by Crippen LogP contribution is 2.17. The number of hydrogen-bond donors (Lipinski definition) is 2. The van der Waals surface area contributed by atoms with Crippen molar-refractivity contribution < 1.29 is 14.5 Å². The molecule has 21 heavy (non-hydrogen) atoms. The SMILES string of the molecule is CCOCC(NC(=O)c1cc([N+](=O)[O-])cnc1N)C(C)C. The quantitative estimate of drug-likeness (QED) is 0.579. The van der Waals surface area contributed by atoms with Crippen LogP contribution in [0.5, 0.6) is 0 Å². The van der Waals surface area contributed by atoms with E-state index in [-0.39, 0.29) is 29.0 Å². The largest absolute Gasteiger partial charge is 0.383 e. The van der Waals surface area contributed by atoms with Crippen molar-refractivity contribution in [3.05, 3.63) is 27.9 Å². The molecule has 0 bridgehead atoms. The summed E-state index contributed by atoms with van der Waals surface area (Å²) < 4.78 is 5.32. The van der Waals surface area contributed by atoms with Crippen LogP contribution in [0.1, 0.15) is 31.1 Å². The van der Waals surface area contributed by atoms with E-state index in [1.807, 2.05) is 20.8 Å². The number of pyridine rings is 1. The number of nitrogens with one attached hydrogen (secondary N) is 1. The van der Waals surface area contributed by atoms with Crippen LogP contribution in [-0.4, -0.2) is 35.1 Å². The summed E-state index contributed by atoms with van der Waals surface area (Å²) in [5.74, 6) is -0.396. The number of ether oxygens (including phenoxy) is 1. The van der Waals surface area contributed by atoms with Gasteiger partial charge < -0.3 is 15.8 Å². The lowest BCUT2D eigenvalue weighted by atomic mass is 10.0. The van der Waals surface area contributed by atoms with Gasteiger partial charge in [-0.15, -0.1) is 0 Å². The highest BCUT2D eigenvalue weighted by molar-refractivity contribution is 5.99. The lowest BCUT2D eigenvalue weighted by molar-refractivity contribution is -0.385. The Labute approximate surface area is 122 Å². The maximum atomic E-state index is 12.2. The van der Waals surface area contributed by atoms with Crippen molar-refractivity contribution >= 4 is 17.4 Å². The Morgan fingerprint density at radius 3 is 2.76 bits per heavy atom. The van der Waals surface area contributed by atoms with Gasteiger partial charge in [-0.1, -0.05) is 13.8 Å². The summed E-state index contributed by atoms with van der Waals surface area (Å²) in [6, 6.07) is 0.909. The minimum Gasteiger partial charge on any atom is -0.383 e. The fourth-order valence-electron chi connectivity index (χ4n) is 1.64. The maximum absolute atomic E-state index is 12.2. The summed E-state index contributed by atoms with van der Waals surface area (Å²) >= 11 is 0. The molecule has 1 aromatic rings. The molecule has 0 aliphatic carbocycles. The lowest BCUT2D eigenvalue weighted by Gasteiger charge is -2.22. The first-order valence-electron chi connectivity index (χ1n) is 6.65. The number of nitro groups is 1. The van der Waals surface area contributed by atoms with Gasteiger partial charge in [0.15, 0.2) is 0 Å². The van der Waals surface area contributed by atoms with E-state index in [2.05, 4.69) is 10.3 Å². The van der Waals surface area contributed by atoms with E-state index in [1.54, 1.807) is 0 Å². The average Bonchev–Trinajstić information content (AvgIpc) is 2.42. The second-order valence-corrected chi connectivity index (χ2v) is 4.87. The van der Waals surface area contributed by atoms with Gasteiger partial charge in [0.25, 0.3) is 11.6 Å². The first kappa shape index (κ1) is 16.8. The Hall–Kier alpha value is -2.22. The highest BCUT2D eigenvalue weighted by atomic mass is 16.6. The zero-order chi connectivity index (χ0) is 16.0. The number of nitrogen functional groups attached to an aromatic ring is 1. The average molecular weight is 296 g/mol. The van der Waals surface area contributed by atoms with Crippen LogP contribution in [0.25, 0.3) is 0 Å². The number of aromatic nitrogens is 1. The monoisotopic (exact) mass is 296 g/mol. The van der Waals surface area contributed by atoms with E-state index in [1.165, 1.54) is 0 Å². The molecule has 0 saturated heterocycles. The smallest absolute Gasteiger partial charge is 0.288 e. The minimum atomic E-state index is -0.622. The molecular weight excluding hydrogens is 276 g/mol. The fraction of sp³-hybridized carbons (Fsp3) is 0.538. The van der Waals surface area contributed by atoms with Gasteiger partial charge in [0.05, 0.1) is 23.1 Å². The van der Waals surface area contributed by atoms with Crippen molar-refractivity contribution in [1.29, 1.82) is 0 Å². The van der Waals surface area contributed by atoms with E-state index in [0.717, 1.165) is 12.3 Å². The van der Waals surface area contributed by atoms with Gasteiger partial charge in [0, 0.05) is 12.7 Å². The number of amides is 1. The topological polar surface area (TPSA) is 120 Å². The molecule has 116 valence electrons. The number of nitrogens with zero attached hydrogens (tertiary/aromatic N) is 2. The number of carbonyl (C=O) groups excluding carboxylic acids is 1. The van der Waals surface area contributed by atoms with Gasteiger partial charge in [-0.05, 0) is 12.8 Å². The fourth-order valence-corrected chi connectivity index (χ4v) is 1.64. The van der Waals surface area contributed by atoms with E-state index in [9.17, 15) is 14.9 Å². The highest BCUT2D eigenvalue weighted by Gasteiger charge is 2.21. The van der Waals surface area contributed by atoms with Gasteiger partial charge in [-0.3, -0.25) is 14.9 Å². The Bertz CT molecular complexity index is 519. The Balaban J connectivity index is 2.91. The van der Waals surface area contributed by atoms with Gasteiger partial charge in [0.2, 0.25) is 0 Å². The first-order valence-corrected chi connectivity index (χ1v) is 6.65. The van der Waals surface area contributed by atoms with Crippen LogP contribution in [0.4, 0.5) is 11.5 Å². The molecule has 0 saturated carbocycles. The second kappa shape index (κ2) is 7.53. The minimum absolute atomic E-state index is 0.00801. The van der Waals surface area contributed by atoms with Crippen molar-refractivity contribution in [2.24, 2.45) is 5.92 Å². The number of carbonyl (C=O) groups is 1. The zero-order valence-corrected chi connectivity index (χ0v) is 12.3. The summed E-state index contributed by atoms with van der Waals surface area (Å²) in [5, 5.41) is 13.5.